The molecule has 0 aliphatic rings. The lowest BCUT2D eigenvalue weighted by atomic mass is 10.2. The average molecular weight is 351 g/mol. The summed E-state index contributed by atoms with van der Waals surface area (Å²) in [4.78, 5) is 19.3. The Morgan fingerprint density at radius 1 is 1.25 bits per heavy atom. The van der Waals surface area contributed by atoms with Crippen molar-refractivity contribution in [2.45, 2.75) is 0 Å². The molecule has 0 radical (unpaired) electrons. The number of nitrogens with one attached hydrogen (secondary N) is 2. The third kappa shape index (κ3) is 2.55. The molecule has 0 atom stereocenters. The molecule has 0 unspecified atom stereocenters. The topological polar surface area (TPSA) is 57.8 Å². The molecule has 0 fully saturated rings. The van der Waals surface area contributed by atoms with Gasteiger partial charge in [-0.05, 0) is 52.3 Å². The SMILES string of the molecule is O=C(Nc1ccc(Cl)c(Br)c1)c1ccc2nc[nH]c2c1. The number of aromatic amines is 1. The minimum Gasteiger partial charge on any atom is -0.345 e. The number of aromatic nitrogens is 2. The van der Waals surface area contributed by atoms with Crippen LogP contribution in [-0.2, 0) is 0 Å². The maximum absolute atomic E-state index is 12.2. The van der Waals surface area contributed by atoms with Gasteiger partial charge in [0.15, 0.2) is 0 Å². The lowest BCUT2D eigenvalue weighted by molar-refractivity contribution is 0.102. The number of carbonyl (C=O) groups is 1. The van der Waals surface area contributed by atoms with Gasteiger partial charge in [-0.1, -0.05) is 11.6 Å². The van der Waals surface area contributed by atoms with E-state index in [0.29, 0.717) is 16.3 Å². The van der Waals surface area contributed by atoms with Crippen molar-refractivity contribution in [2.75, 3.05) is 5.32 Å². The first-order valence-corrected chi connectivity index (χ1v) is 7.00. The highest BCUT2D eigenvalue weighted by molar-refractivity contribution is 9.10. The summed E-state index contributed by atoms with van der Waals surface area (Å²) in [5.74, 6) is -0.185. The van der Waals surface area contributed by atoms with Gasteiger partial charge in [0.1, 0.15) is 0 Å². The van der Waals surface area contributed by atoms with Crippen LogP contribution in [0.25, 0.3) is 11.0 Å². The summed E-state index contributed by atoms with van der Waals surface area (Å²) in [6.45, 7) is 0. The zero-order valence-corrected chi connectivity index (χ0v) is 12.5. The molecule has 2 N–H and O–H groups in total. The molecule has 3 aromatic rings. The number of nitrogens with zero attached hydrogens (tertiary/aromatic N) is 1. The molecule has 0 saturated heterocycles. The molecule has 1 aromatic heterocycles. The van der Waals surface area contributed by atoms with Crippen molar-refractivity contribution in [3.05, 3.63) is 57.8 Å². The molecular weight excluding hydrogens is 342 g/mol. The Morgan fingerprint density at radius 3 is 2.90 bits per heavy atom. The molecular formula is C14H9BrClN3O. The summed E-state index contributed by atoms with van der Waals surface area (Å²) in [5.41, 5.74) is 2.90. The first-order chi connectivity index (χ1) is 9.63. The molecule has 2 aromatic carbocycles. The minimum atomic E-state index is -0.185. The van der Waals surface area contributed by atoms with Crippen molar-refractivity contribution in [3.8, 4) is 0 Å². The van der Waals surface area contributed by atoms with E-state index < -0.39 is 0 Å². The summed E-state index contributed by atoms with van der Waals surface area (Å²) in [7, 11) is 0. The number of benzene rings is 2. The van der Waals surface area contributed by atoms with E-state index in [0.717, 1.165) is 15.5 Å². The van der Waals surface area contributed by atoms with Gasteiger partial charge in [0.25, 0.3) is 5.91 Å². The molecule has 20 heavy (non-hydrogen) atoms. The standard InChI is InChI=1S/C14H9BrClN3O/c15-10-6-9(2-3-11(10)16)19-14(20)8-1-4-12-13(5-8)18-7-17-12/h1-7H,(H,17,18)(H,19,20). The fraction of sp³-hybridized carbons (Fsp3) is 0. The maximum atomic E-state index is 12.2. The summed E-state index contributed by atoms with van der Waals surface area (Å²) in [6.07, 6.45) is 1.60. The lowest BCUT2D eigenvalue weighted by Gasteiger charge is -2.06. The van der Waals surface area contributed by atoms with Gasteiger partial charge in [0, 0.05) is 15.7 Å². The van der Waals surface area contributed by atoms with Crippen LogP contribution in [-0.4, -0.2) is 15.9 Å². The summed E-state index contributed by atoms with van der Waals surface area (Å²) in [5, 5.41) is 3.42. The number of fused-ring (bicyclic) bond motifs is 1. The summed E-state index contributed by atoms with van der Waals surface area (Å²) in [6, 6.07) is 10.5. The quantitative estimate of drug-likeness (QED) is 0.726. The number of imidazole rings is 1. The van der Waals surface area contributed by atoms with E-state index in [2.05, 4.69) is 31.2 Å². The van der Waals surface area contributed by atoms with Crippen LogP contribution in [0.5, 0.6) is 0 Å². The fourth-order valence-electron chi connectivity index (χ4n) is 1.85. The second-order valence-corrected chi connectivity index (χ2v) is 5.48. The van der Waals surface area contributed by atoms with Crippen molar-refractivity contribution < 1.29 is 4.79 Å². The minimum absolute atomic E-state index is 0.185. The van der Waals surface area contributed by atoms with Crippen molar-refractivity contribution in [1.82, 2.24) is 9.97 Å². The van der Waals surface area contributed by atoms with Crippen LogP contribution in [0.15, 0.2) is 47.2 Å². The monoisotopic (exact) mass is 349 g/mol. The molecule has 1 amide bonds. The summed E-state index contributed by atoms with van der Waals surface area (Å²) < 4.78 is 0.737. The van der Waals surface area contributed by atoms with E-state index in [1.165, 1.54) is 0 Å². The highest BCUT2D eigenvalue weighted by atomic mass is 79.9. The average Bonchev–Trinajstić information content (AvgIpc) is 2.90. The van der Waals surface area contributed by atoms with Gasteiger partial charge in [0.05, 0.1) is 22.4 Å². The van der Waals surface area contributed by atoms with Crippen molar-refractivity contribution in [1.29, 1.82) is 0 Å². The van der Waals surface area contributed by atoms with Crippen LogP contribution < -0.4 is 5.32 Å². The van der Waals surface area contributed by atoms with E-state index in [4.69, 9.17) is 11.6 Å². The van der Waals surface area contributed by atoms with Crippen LogP contribution in [0, 0.1) is 0 Å². The van der Waals surface area contributed by atoms with Gasteiger partial charge >= 0.3 is 0 Å². The largest absolute Gasteiger partial charge is 0.345 e. The number of anilines is 1. The van der Waals surface area contributed by atoms with Gasteiger partial charge in [-0.3, -0.25) is 4.79 Å². The zero-order valence-electron chi connectivity index (χ0n) is 10.2. The predicted molar refractivity (Wildman–Crippen MR) is 83.2 cm³/mol. The van der Waals surface area contributed by atoms with Gasteiger partial charge in [0.2, 0.25) is 0 Å². The van der Waals surface area contributed by atoms with E-state index in [-0.39, 0.29) is 5.91 Å². The number of hydrogen-bond acceptors (Lipinski definition) is 2. The predicted octanol–water partition coefficient (Wildman–Crippen LogP) is 4.23. The molecule has 3 rings (SSSR count). The Balaban J connectivity index is 1.86. The molecule has 0 spiro atoms. The number of H-pyrrole nitrogens is 1. The van der Waals surface area contributed by atoms with Gasteiger partial charge in [-0.2, -0.15) is 0 Å². The van der Waals surface area contributed by atoms with Crippen LogP contribution in [0.3, 0.4) is 0 Å². The molecule has 0 saturated carbocycles. The number of carbonyl (C=O) groups excluding carboxylic acids is 1. The first kappa shape index (κ1) is 13.1. The second-order valence-electron chi connectivity index (χ2n) is 4.22. The van der Waals surface area contributed by atoms with E-state index >= 15 is 0 Å². The maximum Gasteiger partial charge on any atom is 0.255 e. The van der Waals surface area contributed by atoms with Crippen LogP contribution in [0.4, 0.5) is 5.69 Å². The zero-order chi connectivity index (χ0) is 14.1. The third-order valence-electron chi connectivity index (χ3n) is 2.86. The Labute approximate surface area is 128 Å². The van der Waals surface area contributed by atoms with Crippen LogP contribution in [0.1, 0.15) is 10.4 Å². The Morgan fingerprint density at radius 2 is 2.10 bits per heavy atom. The normalized spacial score (nSPS) is 10.7. The second kappa shape index (κ2) is 5.26. The van der Waals surface area contributed by atoms with Crippen molar-refractivity contribution >= 4 is 50.2 Å². The molecule has 6 heteroatoms. The van der Waals surface area contributed by atoms with Crippen LogP contribution >= 0.6 is 27.5 Å². The van der Waals surface area contributed by atoms with E-state index in [9.17, 15) is 4.79 Å². The molecule has 1 heterocycles. The third-order valence-corrected chi connectivity index (χ3v) is 4.07. The number of rotatable bonds is 2. The molecule has 100 valence electrons. The highest BCUT2D eigenvalue weighted by Gasteiger charge is 2.08. The van der Waals surface area contributed by atoms with Crippen molar-refractivity contribution in [2.24, 2.45) is 0 Å². The van der Waals surface area contributed by atoms with Crippen LogP contribution in [0.2, 0.25) is 5.02 Å². The highest BCUT2D eigenvalue weighted by Crippen LogP contribution is 2.26. The smallest absolute Gasteiger partial charge is 0.255 e. The van der Waals surface area contributed by atoms with E-state index in [1.54, 1.807) is 42.7 Å². The number of hydrogen-bond donors (Lipinski definition) is 2. The van der Waals surface area contributed by atoms with Gasteiger partial charge in [-0.25, -0.2) is 4.98 Å². The fourth-order valence-corrected chi connectivity index (χ4v) is 2.35. The van der Waals surface area contributed by atoms with E-state index in [1.807, 2.05) is 0 Å². The van der Waals surface area contributed by atoms with Gasteiger partial charge in [-0.15, -0.1) is 0 Å². The lowest BCUT2D eigenvalue weighted by Crippen LogP contribution is -2.11. The molecule has 4 nitrogen and oxygen atoms in total. The number of amides is 1. The molecule has 0 aliphatic heterocycles. The summed E-state index contributed by atoms with van der Waals surface area (Å²) >= 11 is 9.24. The Bertz CT molecular complexity index is 800. The Hall–Kier alpha value is -1.85. The Kier molecular flexibility index (Phi) is 3.46. The van der Waals surface area contributed by atoms with Crippen molar-refractivity contribution in [3.63, 3.8) is 0 Å². The molecule has 0 aliphatic carbocycles. The molecule has 0 bridgehead atoms. The first-order valence-electron chi connectivity index (χ1n) is 5.83. The van der Waals surface area contributed by atoms with Gasteiger partial charge < -0.3 is 10.3 Å². The number of halogens is 2.